The second-order valence-corrected chi connectivity index (χ2v) is 5.57. The number of fused-ring (bicyclic) bond motifs is 1. The third-order valence-electron chi connectivity index (χ3n) is 2.86. The van der Waals surface area contributed by atoms with Gasteiger partial charge in [0.2, 0.25) is 5.75 Å². The summed E-state index contributed by atoms with van der Waals surface area (Å²) in [5, 5.41) is 20.9. The van der Waals surface area contributed by atoms with Crippen molar-refractivity contribution >= 4 is 27.6 Å². The number of nitrogens with zero attached hydrogens (tertiary/aromatic N) is 1. The first-order valence-electron chi connectivity index (χ1n) is 5.15. The molecule has 1 N–H and O–H groups in total. The standard InChI is InChI=1S/C11H10BrNO5/c1-11(2)4-7(14)18-6-3-5(12)10(15)9(8(6)11)13(16)17/h3,15H,4H2,1-2H3. The van der Waals surface area contributed by atoms with Crippen LogP contribution in [-0.2, 0) is 10.2 Å². The molecule has 7 heteroatoms. The van der Waals surface area contributed by atoms with Crippen LogP contribution >= 0.6 is 15.9 Å². The summed E-state index contributed by atoms with van der Waals surface area (Å²) in [6.45, 7) is 3.40. The highest BCUT2D eigenvalue weighted by Crippen LogP contribution is 2.50. The zero-order chi connectivity index (χ0) is 13.7. The smallest absolute Gasteiger partial charge is 0.319 e. The maximum Gasteiger partial charge on any atom is 0.319 e. The average Bonchev–Trinajstić information content (AvgIpc) is 2.19. The Kier molecular flexibility index (Phi) is 2.81. The molecule has 0 saturated carbocycles. The van der Waals surface area contributed by atoms with Crippen LogP contribution in [0.1, 0.15) is 25.8 Å². The number of esters is 1. The van der Waals surface area contributed by atoms with Gasteiger partial charge in [0.25, 0.3) is 0 Å². The zero-order valence-electron chi connectivity index (χ0n) is 9.69. The van der Waals surface area contributed by atoms with Crippen LogP contribution in [0.3, 0.4) is 0 Å². The number of phenols is 1. The van der Waals surface area contributed by atoms with Crippen molar-refractivity contribution in [2.75, 3.05) is 0 Å². The van der Waals surface area contributed by atoms with Crippen molar-refractivity contribution in [2.24, 2.45) is 0 Å². The molecule has 0 spiro atoms. The zero-order valence-corrected chi connectivity index (χ0v) is 11.3. The fourth-order valence-electron chi connectivity index (χ4n) is 2.12. The maximum absolute atomic E-state index is 11.4. The molecule has 0 aliphatic carbocycles. The highest BCUT2D eigenvalue weighted by atomic mass is 79.9. The van der Waals surface area contributed by atoms with Gasteiger partial charge < -0.3 is 9.84 Å². The Bertz CT molecular complexity index is 567. The van der Waals surface area contributed by atoms with E-state index in [1.165, 1.54) is 6.07 Å². The minimum absolute atomic E-state index is 0.0297. The molecule has 1 aromatic carbocycles. The Morgan fingerprint density at radius 3 is 2.72 bits per heavy atom. The lowest BCUT2D eigenvalue weighted by atomic mass is 9.78. The SMILES string of the molecule is CC1(C)CC(=O)Oc2cc(Br)c(O)c([N+](=O)[O-])c21. The molecule has 0 saturated heterocycles. The summed E-state index contributed by atoms with van der Waals surface area (Å²) in [5.74, 6) is -0.781. The third-order valence-corrected chi connectivity index (χ3v) is 3.47. The number of nitro groups is 1. The van der Waals surface area contributed by atoms with Crippen molar-refractivity contribution in [2.45, 2.75) is 25.7 Å². The predicted octanol–water partition coefficient (Wildman–Crippen LogP) is 2.65. The van der Waals surface area contributed by atoms with E-state index in [1.54, 1.807) is 13.8 Å². The Hall–Kier alpha value is -1.63. The first-order chi connectivity index (χ1) is 8.24. The first-order valence-corrected chi connectivity index (χ1v) is 5.94. The van der Waals surface area contributed by atoms with E-state index in [0.717, 1.165) is 0 Å². The van der Waals surface area contributed by atoms with Gasteiger partial charge in [0.1, 0.15) is 5.75 Å². The summed E-state index contributed by atoms with van der Waals surface area (Å²) in [6, 6.07) is 1.37. The molecule has 2 rings (SSSR count). The van der Waals surface area contributed by atoms with Crippen LogP contribution in [0.4, 0.5) is 5.69 Å². The number of hydrogen-bond acceptors (Lipinski definition) is 5. The van der Waals surface area contributed by atoms with E-state index in [0.29, 0.717) is 0 Å². The number of aromatic hydroxyl groups is 1. The molecule has 0 atom stereocenters. The van der Waals surface area contributed by atoms with E-state index in [-0.39, 0.29) is 22.2 Å². The van der Waals surface area contributed by atoms with Crippen molar-refractivity contribution in [1.82, 2.24) is 0 Å². The molecule has 18 heavy (non-hydrogen) atoms. The molecule has 0 unspecified atom stereocenters. The minimum atomic E-state index is -0.759. The Balaban J connectivity index is 2.83. The molecular weight excluding hydrogens is 306 g/mol. The van der Waals surface area contributed by atoms with E-state index in [4.69, 9.17) is 4.74 Å². The Morgan fingerprint density at radius 2 is 2.17 bits per heavy atom. The van der Waals surface area contributed by atoms with Gasteiger partial charge in [0, 0.05) is 5.41 Å². The Morgan fingerprint density at radius 1 is 1.56 bits per heavy atom. The lowest BCUT2D eigenvalue weighted by molar-refractivity contribution is -0.387. The number of carbonyl (C=O) groups is 1. The van der Waals surface area contributed by atoms with Crippen molar-refractivity contribution in [3.63, 3.8) is 0 Å². The molecule has 0 aromatic heterocycles. The van der Waals surface area contributed by atoms with Crippen molar-refractivity contribution in [1.29, 1.82) is 0 Å². The van der Waals surface area contributed by atoms with Crippen molar-refractivity contribution < 1.29 is 19.6 Å². The average molecular weight is 316 g/mol. The summed E-state index contributed by atoms with van der Waals surface area (Å²) in [7, 11) is 0. The van der Waals surface area contributed by atoms with Gasteiger partial charge in [-0.15, -0.1) is 0 Å². The van der Waals surface area contributed by atoms with Gasteiger partial charge >= 0.3 is 11.7 Å². The number of ether oxygens (including phenoxy) is 1. The van der Waals surface area contributed by atoms with Crippen LogP contribution in [-0.4, -0.2) is 16.0 Å². The van der Waals surface area contributed by atoms with Crippen LogP contribution < -0.4 is 4.74 Å². The van der Waals surface area contributed by atoms with Gasteiger partial charge in [0.05, 0.1) is 21.4 Å². The van der Waals surface area contributed by atoms with Gasteiger partial charge in [0.15, 0.2) is 0 Å². The second-order valence-electron chi connectivity index (χ2n) is 4.72. The normalized spacial score (nSPS) is 16.9. The van der Waals surface area contributed by atoms with Crippen LogP contribution in [0, 0.1) is 10.1 Å². The van der Waals surface area contributed by atoms with E-state index < -0.39 is 27.7 Å². The number of halogens is 1. The van der Waals surface area contributed by atoms with Crippen LogP contribution in [0.25, 0.3) is 0 Å². The molecule has 1 aromatic rings. The highest BCUT2D eigenvalue weighted by Gasteiger charge is 2.42. The molecule has 1 aliphatic heterocycles. The fraction of sp³-hybridized carbons (Fsp3) is 0.364. The number of rotatable bonds is 1. The molecule has 0 amide bonds. The van der Waals surface area contributed by atoms with E-state index in [1.807, 2.05) is 0 Å². The van der Waals surface area contributed by atoms with Crippen LogP contribution in [0.2, 0.25) is 0 Å². The van der Waals surface area contributed by atoms with E-state index >= 15 is 0 Å². The highest BCUT2D eigenvalue weighted by molar-refractivity contribution is 9.10. The number of benzene rings is 1. The largest absolute Gasteiger partial charge is 0.501 e. The lowest BCUT2D eigenvalue weighted by Crippen LogP contribution is -2.31. The van der Waals surface area contributed by atoms with E-state index in [2.05, 4.69) is 15.9 Å². The number of phenolic OH excluding ortho intramolecular Hbond substituents is 1. The second kappa shape index (κ2) is 3.94. The third kappa shape index (κ3) is 1.84. The number of hydrogen-bond donors (Lipinski definition) is 1. The molecule has 0 radical (unpaired) electrons. The Labute approximate surface area is 111 Å². The molecule has 0 bridgehead atoms. The quantitative estimate of drug-likeness (QED) is 0.372. The molecule has 0 fully saturated rings. The van der Waals surface area contributed by atoms with Crippen molar-refractivity contribution in [3.8, 4) is 11.5 Å². The van der Waals surface area contributed by atoms with Gasteiger partial charge in [-0.2, -0.15) is 0 Å². The first kappa shape index (κ1) is 12.8. The molecular formula is C11H10BrNO5. The molecule has 1 aliphatic rings. The molecule has 1 heterocycles. The van der Waals surface area contributed by atoms with Gasteiger partial charge in [-0.3, -0.25) is 14.9 Å². The van der Waals surface area contributed by atoms with Gasteiger partial charge in [-0.1, -0.05) is 13.8 Å². The van der Waals surface area contributed by atoms with Gasteiger partial charge in [-0.25, -0.2) is 0 Å². The summed E-state index contributed by atoms with van der Waals surface area (Å²) in [6.07, 6.45) is 0.0297. The van der Waals surface area contributed by atoms with Crippen LogP contribution in [0.5, 0.6) is 11.5 Å². The van der Waals surface area contributed by atoms with Crippen molar-refractivity contribution in [3.05, 3.63) is 26.2 Å². The monoisotopic (exact) mass is 315 g/mol. The summed E-state index contributed by atoms with van der Waals surface area (Å²) < 4.78 is 5.13. The maximum atomic E-state index is 11.4. The van der Waals surface area contributed by atoms with Crippen LogP contribution in [0.15, 0.2) is 10.5 Å². The lowest BCUT2D eigenvalue weighted by Gasteiger charge is -2.30. The molecule has 6 nitrogen and oxygen atoms in total. The minimum Gasteiger partial charge on any atom is -0.501 e. The summed E-state index contributed by atoms with van der Waals surface area (Å²) >= 11 is 3.01. The number of nitro benzene ring substituents is 1. The molecule has 96 valence electrons. The topological polar surface area (TPSA) is 89.7 Å². The predicted molar refractivity (Wildman–Crippen MR) is 65.7 cm³/mol. The van der Waals surface area contributed by atoms with E-state index in [9.17, 15) is 20.0 Å². The number of carbonyl (C=O) groups excluding carboxylic acids is 1. The fourth-order valence-corrected chi connectivity index (χ4v) is 2.52. The summed E-state index contributed by atoms with van der Waals surface area (Å²) in [4.78, 5) is 21.9. The van der Waals surface area contributed by atoms with Gasteiger partial charge in [-0.05, 0) is 22.0 Å². The summed E-state index contributed by atoms with van der Waals surface area (Å²) in [5.41, 5.74) is -0.935.